The molecule has 3 heteroatoms. The summed E-state index contributed by atoms with van der Waals surface area (Å²) in [6, 6.07) is 0.894. The topological polar surface area (TPSA) is 32.3 Å². The van der Waals surface area contributed by atoms with Gasteiger partial charge >= 0.3 is 0 Å². The Labute approximate surface area is 118 Å². The zero-order valence-electron chi connectivity index (χ0n) is 12.8. The minimum atomic E-state index is 0.359. The second-order valence-corrected chi connectivity index (χ2v) is 6.75. The molecule has 1 N–H and O–H groups in total. The normalized spacial score (nSPS) is 23.2. The fraction of sp³-hybridized carbons (Fsp3) is 0.938. The number of hydrogen-bond donors (Lipinski definition) is 1. The molecule has 0 spiro atoms. The summed E-state index contributed by atoms with van der Waals surface area (Å²) in [5, 5.41) is 3.41. The fourth-order valence-electron chi connectivity index (χ4n) is 3.54. The third-order valence-electron chi connectivity index (χ3n) is 5.00. The summed E-state index contributed by atoms with van der Waals surface area (Å²) in [7, 11) is 0. The number of carbonyl (C=O) groups excluding carboxylic acids is 1. The van der Waals surface area contributed by atoms with Gasteiger partial charge in [0.15, 0.2) is 0 Å². The molecule has 1 amide bonds. The van der Waals surface area contributed by atoms with Gasteiger partial charge in [0, 0.05) is 18.5 Å². The summed E-state index contributed by atoms with van der Waals surface area (Å²) in [5.74, 6) is 1.67. The zero-order valence-corrected chi connectivity index (χ0v) is 12.8. The van der Waals surface area contributed by atoms with Crippen LogP contribution in [-0.2, 0) is 4.79 Å². The van der Waals surface area contributed by atoms with Crippen molar-refractivity contribution in [2.75, 3.05) is 13.1 Å². The fourth-order valence-corrected chi connectivity index (χ4v) is 3.54. The first-order chi connectivity index (χ1) is 9.09. The molecule has 1 saturated carbocycles. The Hall–Kier alpha value is -0.570. The average Bonchev–Trinajstić information content (AvgIpc) is 2.33. The molecule has 19 heavy (non-hydrogen) atoms. The molecule has 2 aliphatic rings. The van der Waals surface area contributed by atoms with Gasteiger partial charge in [-0.1, -0.05) is 6.92 Å². The number of rotatable bonds is 5. The van der Waals surface area contributed by atoms with Crippen molar-refractivity contribution in [1.82, 2.24) is 10.2 Å². The second-order valence-electron chi connectivity index (χ2n) is 6.75. The maximum atomic E-state index is 12.6. The van der Waals surface area contributed by atoms with Gasteiger partial charge in [-0.25, -0.2) is 0 Å². The number of amides is 1. The van der Waals surface area contributed by atoms with Crippen molar-refractivity contribution in [3.8, 4) is 0 Å². The van der Waals surface area contributed by atoms with Gasteiger partial charge < -0.3 is 10.2 Å². The lowest BCUT2D eigenvalue weighted by Crippen LogP contribution is -2.48. The molecule has 2 rings (SSSR count). The highest BCUT2D eigenvalue weighted by Gasteiger charge is 2.32. The predicted molar refractivity (Wildman–Crippen MR) is 79.0 cm³/mol. The van der Waals surface area contributed by atoms with E-state index in [1.807, 2.05) is 0 Å². The summed E-state index contributed by atoms with van der Waals surface area (Å²) >= 11 is 0. The van der Waals surface area contributed by atoms with Crippen LogP contribution < -0.4 is 5.32 Å². The van der Waals surface area contributed by atoms with E-state index in [4.69, 9.17) is 0 Å². The van der Waals surface area contributed by atoms with Gasteiger partial charge in [0.1, 0.15) is 0 Å². The highest BCUT2D eigenvalue weighted by molar-refractivity contribution is 5.77. The van der Waals surface area contributed by atoms with Crippen molar-refractivity contribution in [2.45, 2.75) is 71.4 Å². The molecule has 2 fully saturated rings. The van der Waals surface area contributed by atoms with Gasteiger partial charge in [-0.2, -0.15) is 0 Å². The quantitative estimate of drug-likeness (QED) is 0.830. The lowest BCUT2D eigenvalue weighted by atomic mass is 9.83. The minimum absolute atomic E-state index is 0.359. The Bertz CT molecular complexity index is 293. The van der Waals surface area contributed by atoms with Crippen LogP contribution in [0.3, 0.4) is 0 Å². The van der Waals surface area contributed by atoms with Crippen molar-refractivity contribution < 1.29 is 4.79 Å². The van der Waals surface area contributed by atoms with Crippen molar-refractivity contribution in [3.63, 3.8) is 0 Å². The molecule has 0 radical (unpaired) electrons. The van der Waals surface area contributed by atoms with Crippen molar-refractivity contribution in [3.05, 3.63) is 0 Å². The highest BCUT2D eigenvalue weighted by Crippen LogP contribution is 2.30. The van der Waals surface area contributed by atoms with Gasteiger partial charge in [-0.15, -0.1) is 0 Å². The maximum absolute atomic E-state index is 12.6. The lowest BCUT2D eigenvalue weighted by Gasteiger charge is -2.41. The van der Waals surface area contributed by atoms with E-state index in [1.54, 1.807) is 0 Å². The molecule has 0 bridgehead atoms. The molecule has 0 aromatic carbocycles. The standard InChI is InChI=1S/C16H30N2O/c1-12(2)18(15-5-4-6-15)16(19)11-13(3)14-7-9-17-10-8-14/h12-15,17H,4-11H2,1-3H3. The summed E-state index contributed by atoms with van der Waals surface area (Å²) in [6.07, 6.45) is 6.95. The van der Waals surface area contributed by atoms with E-state index in [1.165, 1.54) is 32.1 Å². The highest BCUT2D eigenvalue weighted by atomic mass is 16.2. The summed E-state index contributed by atoms with van der Waals surface area (Å²) in [5.41, 5.74) is 0. The summed E-state index contributed by atoms with van der Waals surface area (Å²) in [6.45, 7) is 8.84. The molecular weight excluding hydrogens is 236 g/mol. The largest absolute Gasteiger partial charge is 0.337 e. The molecule has 1 unspecified atom stereocenters. The SMILES string of the molecule is CC(CC(=O)N(C(C)C)C1CCC1)C1CCNCC1. The van der Waals surface area contributed by atoms with Crippen LogP contribution in [0, 0.1) is 11.8 Å². The zero-order chi connectivity index (χ0) is 13.8. The monoisotopic (exact) mass is 266 g/mol. The average molecular weight is 266 g/mol. The van der Waals surface area contributed by atoms with E-state index in [0.717, 1.165) is 25.4 Å². The molecule has 0 aromatic heterocycles. The predicted octanol–water partition coefficient (Wildman–Crippen LogP) is 2.80. The third kappa shape index (κ3) is 3.71. The van der Waals surface area contributed by atoms with Crippen LogP contribution >= 0.6 is 0 Å². The van der Waals surface area contributed by atoms with Crippen LogP contribution in [-0.4, -0.2) is 36.0 Å². The second kappa shape index (κ2) is 6.74. The first kappa shape index (κ1) is 14.8. The number of nitrogens with one attached hydrogen (secondary N) is 1. The van der Waals surface area contributed by atoms with Gasteiger partial charge in [-0.05, 0) is 70.9 Å². The molecular formula is C16H30N2O. The van der Waals surface area contributed by atoms with Gasteiger partial charge in [0.25, 0.3) is 0 Å². The number of carbonyl (C=O) groups is 1. The van der Waals surface area contributed by atoms with Crippen LogP contribution in [0.1, 0.15) is 59.3 Å². The molecule has 1 saturated heterocycles. The van der Waals surface area contributed by atoms with Crippen molar-refractivity contribution in [1.29, 1.82) is 0 Å². The van der Waals surface area contributed by atoms with E-state index in [0.29, 0.717) is 23.9 Å². The Morgan fingerprint density at radius 2 is 1.79 bits per heavy atom. The first-order valence-corrected chi connectivity index (χ1v) is 8.11. The van der Waals surface area contributed by atoms with E-state index >= 15 is 0 Å². The Balaban J connectivity index is 1.86. The lowest BCUT2D eigenvalue weighted by molar-refractivity contribution is -0.138. The van der Waals surface area contributed by atoms with Gasteiger partial charge in [0.2, 0.25) is 5.91 Å². The molecule has 1 heterocycles. The van der Waals surface area contributed by atoms with Crippen LogP contribution in [0.2, 0.25) is 0 Å². The van der Waals surface area contributed by atoms with Crippen LogP contribution in [0.25, 0.3) is 0 Å². The Morgan fingerprint density at radius 3 is 2.26 bits per heavy atom. The van der Waals surface area contributed by atoms with E-state index in [2.05, 4.69) is 31.0 Å². The number of piperidine rings is 1. The van der Waals surface area contributed by atoms with E-state index in [-0.39, 0.29) is 0 Å². The van der Waals surface area contributed by atoms with E-state index in [9.17, 15) is 4.79 Å². The number of nitrogens with zero attached hydrogens (tertiary/aromatic N) is 1. The molecule has 110 valence electrons. The van der Waals surface area contributed by atoms with Crippen LogP contribution in [0.4, 0.5) is 0 Å². The van der Waals surface area contributed by atoms with Crippen molar-refractivity contribution in [2.24, 2.45) is 11.8 Å². The maximum Gasteiger partial charge on any atom is 0.223 e. The molecule has 1 aliphatic heterocycles. The summed E-state index contributed by atoms with van der Waals surface area (Å²) < 4.78 is 0. The molecule has 0 aromatic rings. The smallest absolute Gasteiger partial charge is 0.223 e. The first-order valence-electron chi connectivity index (χ1n) is 8.11. The third-order valence-corrected chi connectivity index (χ3v) is 5.00. The van der Waals surface area contributed by atoms with Crippen LogP contribution in [0.5, 0.6) is 0 Å². The van der Waals surface area contributed by atoms with Gasteiger partial charge in [0.05, 0.1) is 0 Å². The van der Waals surface area contributed by atoms with Crippen LogP contribution in [0.15, 0.2) is 0 Å². The van der Waals surface area contributed by atoms with E-state index < -0.39 is 0 Å². The molecule has 1 atom stereocenters. The Kier molecular flexibility index (Phi) is 5.26. The Morgan fingerprint density at radius 1 is 1.16 bits per heavy atom. The minimum Gasteiger partial charge on any atom is -0.337 e. The van der Waals surface area contributed by atoms with Gasteiger partial charge in [-0.3, -0.25) is 4.79 Å². The summed E-state index contributed by atoms with van der Waals surface area (Å²) in [4.78, 5) is 14.8. The molecule has 1 aliphatic carbocycles. The number of hydrogen-bond acceptors (Lipinski definition) is 2. The van der Waals surface area contributed by atoms with Crippen molar-refractivity contribution >= 4 is 5.91 Å². The molecule has 3 nitrogen and oxygen atoms in total.